The first-order valence-corrected chi connectivity index (χ1v) is 13.4. The van der Waals surface area contributed by atoms with Crippen LogP contribution in [-0.2, 0) is 37.9 Å². The van der Waals surface area contributed by atoms with Crippen molar-refractivity contribution in [1.29, 1.82) is 0 Å². The summed E-state index contributed by atoms with van der Waals surface area (Å²) in [5.41, 5.74) is 2.77. The van der Waals surface area contributed by atoms with Crippen molar-refractivity contribution in [3.63, 3.8) is 0 Å². The second kappa shape index (κ2) is 8.38. The number of carbonyl (C=O) groups excluding carboxylic acids is 1. The normalized spacial score (nSPS) is 17.8. The number of sulfone groups is 1. The topological polar surface area (TPSA) is 94.4 Å². The van der Waals surface area contributed by atoms with Crippen LogP contribution >= 0.6 is 11.6 Å². The van der Waals surface area contributed by atoms with Gasteiger partial charge in [-0.15, -0.1) is 0 Å². The van der Waals surface area contributed by atoms with Crippen molar-refractivity contribution in [3.8, 4) is 0 Å². The molecule has 0 saturated carbocycles. The molecule has 1 aromatic carbocycles. The van der Waals surface area contributed by atoms with Crippen molar-refractivity contribution in [2.75, 3.05) is 30.1 Å². The van der Waals surface area contributed by atoms with E-state index in [1.54, 1.807) is 29.4 Å². The largest absolute Gasteiger partial charge is 0.381 e. The second-order valence-corrected chi connectivity index (χ2v) is 11.5. The number of ether oxygens (including phenoxy) is 1. The highest BCUT2D eigenvalue weighted by atomic mass is 35.5. The van der Waals surface area contributed by atoms with E-state index < -0.39 is 15.3 Å². The molecule has 1 saturated heterocycles. The molecule has 0 atom stereocenters. The molecule has 0 unspecified atom stereocenters. The Labute approximate surface area is 197 Å². The summed E-state index contributed by atoms with van der Waals surface area (Å²) in [5.74, 6) is 0.822. The molecule has 3 aromatic rings. The summed E-state index contributed by atoms with van der Waals surface area (Å²) in [7, 11) is -3.08. The Morgan fingerprint density at radius 3 is 2.76 bits per heavy atom. The number of nitrogens with zero attached hydrogens (tertiary/aromatic N) is 4. The molecule has 4 heterocycles. The Morgan fingerprint density at radius 1 is 1.21 bits per heavy atom. The highest BCUT2D eigenvalue weighted by molar-refractivity contribution is 7.90. The quantitative estimate of drug-likeness (QED) is 0.529. The highest BCUT2D eigenvalue weighted by Crippen LogP contribution is 2.47. The predicted molar refractivity (Wildman–Crippen MR) is 126 cm³/mol. The van der Waals surface area contributed by atoms with E-state index in [0.717, 1.165) is 22.3 Å². The molecular weight excluding hydrogens is 464 g/mol. The van der Waals surface area contributed by atoms with Gasteiger partial charge in [0, 0.05) is 49.0 Å². The van der Waals surface area contributed by atoms with Crippen LogP contribution in [0, 0.1) is 0 Å². The third-order valence-corrected chi connectivity index (χ3v) is 7.86. The standard InChI is InChI=1S/C23H25ClN4O4S/c1-33(30,31)12-2-9-27-20-4-3-16(24)13-18(20)26-21(27)15-28-19-5-8-25-14-17(19)23(22(28)29)6-10-32-11-7-23/h3-5,8,13-14H,2,6-7,9-12,15H2,1H3. The second-order valence-electron chi connectivity index (χ2n) is 8.77. The number of aromatic nitrogens is 3. The third-order valence-electron chi connectivity index (χ3n) is 6.59. The monoisotopic (exact) mass is 488 g/mol. The smallest absolute Gasteiger partial charge is 0.238 e. The maximum Gasteiger partial charge on any atom is 0.238 e. The molecule has 2 aliphatic heterocycles. The fourth-order valence-electron chi connectivity index (χ4n) is 4.98. The molecule has 8 nitrogen and oxygen atoms in total. The van der Waals surface area contributed by atoms with Gasteiger partial charge in [0.1, 0.15) is 15.7 Å². The van der Waals surface area contributed by atoms with Crippen LogP contribution in [0.4, 0.5) is 5.69 Å². The van der Waals surface area contributed by atoms with Crippen molar-refractivity contribution < 1.29 is 17.9 Å². The van der Waals surface area contributed by atoms with Gasteiger partial charge in [0.25, 0.3) is 0 Å². The van der Waals surface area contributed by atoms with E-state index in [0.29, 0.717) is 49.9 Å². The number of amides is 1. The van der Waals surface area contributed by atoms with Gasteiger partial charge in [-0.1, -0.05) is 11.6 Å². The van der Waals surface area contributed by atoms with E-state index >= 15 is 0 Å². The van der Waals surface area contributed by atoms with Crippen LogP contribution < -0.4 is 4.90 Å². The lowest BCUT2D eigenvalue weighted by molar-refractivity contribution is -0.126. The average molecular weight is 489 g/mol. The average Bonchev–Trinajstić information content (AvgIpc) is 3.22. The van der Waals surface area contributed by atoms with Crippen molar-refractivity contribution in [2.24, 2.45) is 0 Å². The van der Waals surface area contributed by atoms with Gasteiger partial charge in [0.15, 0.2) is 0 Å². The lowest BCUT2D eigenvalue weighted by atomic mass is 9.76. The molecule has 1 spiro atoms. The summed E-state index contributed by atoms with van der Waals surface area (Å²) < 4.78 is 30.9. The van der Waals surface area contributed by atoms with Crippen molar-refractivity contribution in [2.45, 2.75) is 37.8 Å². The van der Waals surface area contributed by atoms with Crippen LogP contribution in [0.2, 0.25) is 5.02 Å². The number of aryl methyl sites for hydroxylation is 1. The number of carbonyl (C=O) groups is 1. The Morgan fingerprint density at radius 2 is 2.00 bits per heavy atom. The molecule has 2 aliphatic rings. The van der Waals surface area contributed by atoms with Crippen LogP contribution in [0.3, 0.4) is 0 Å². The van der Waals surface area contributed by atoms with Gasteiger partial charge in [-0.3, -0.25) is 9.78 Å². The zero-order valence-electron chi connectivity index (χ0n) is 18.3. The molecule has 10 heteroatoms. The molecule has 0 radical (unpaired) electrons. The summed E-state index contributed by atoms with van der Waals surface area (Å²) in [4.78, 5) is 24.6. The van der Waals surface area contributed by atoms with Crippen molar-refractivity contribution in [3.05, 3.63) is 53.1 Å². The van der Waals surface area contributed by atoms with Gasteiger partial charge in [-0.25, -0.2) is 13.4 Å². The molecule has 2 aromatic heterocycles. The van der Waals surface area contributed by atoms with E-state index in [1.807, 2.05) is 16.7 Å². The minimum absolute atomic E-state index is 0.0431. The summed E-state index contributed by atoms with van der Waals surface area (Å²) >= 11 is 6.19. The maximum atomic E-state index is 13.8. The molecular formula is C23H25ClN4O4S. The number of fused-ring (bicyclic) bond motifs is 3. The Bertz CT molecular complexity index is 1330. The molecule has 5 rings (SSSR count). The van der Waals surface area contributed by atoms with Gasteiger partial charge in [-0.05, 0) is 43.5 Å². The summed E-state index contributed by atoms with van der Waals surface area (Å²) in [6.07, 6.45) is 6.44. The van der Waals surface area contributed by atoms with Gasteiger partial charge >= 0.3 is 0 Å². The first kappa shape index (κ1) is 22.3. The lowest BCUT2D eigenvalue weighted by Crippen LogP contribution is -2.44. The Hall–Kier alpha value is -2.49. The fourth-order valence-corrected chi connectivity index (χ4v) is 5.80. The number of pyridine rings is 1. The molecule has 0 N–H and O–H groups in total. The summed E-state index contributed by atoms with van der Waals surface area (Å²) in [5, 5.41) is 0.574. The SMILES string of the molecule is CS(=O)(=O)CCCn1c(CN2C(=O)C3(CCOCC3)c3cnccc32)nc2cc(Cl)ccc21. The van der Waals surface area contributed by atoms with Crippen LogP contribution in [0.5, 0.6) is 0 Å². The maximum absolute atomic E-state index is 13.8. The van der Waals surface area contributed by atoms with Gasteiger partial charge in [-0.2, -0.15) is 0 Å². The number of imidazole rings is 1. The molecule has 1 amide bonds. The van der Waals surface area contributed by atoms with Crippen LogP contribution in [0.1, 0.15) is 30.7 Å². The number of rotatable bonds is 6. The van der Waals surface area contributed by atoms with Crippen molar-refractivity contribution >= 4 is 44.1 Å². The molecule has 33 heavy (non-hydrogen) atoms. The number of hydrogen-bond donors (Lipinski definition) is 0. The van der Waals surface area contributed by atoms with Crippen LogP contribution in [0.25, 0.3) is 11.0 Å². The first-order chi connectivity index (χ1) is 15.8. The van der Waals surface area contributed by atoms with E-state index in [1.165, 1.54) is 6.26 Å². The van der Waals surface area contributed by atoms with E-state index in [4.69, 9.17) is 21.3 Å². The van der Waals surface area contributed by atoms with Crippen LogP contribution in [0.15, 0.2) is 36.7 Å². The minimum atomic E-state index is -3.08. The van der Waals surface area contributed by atoms with Gasteiger partial charge in [0.2, 0.25) is 5.91 Å². The van der Waals surface area contributed by atoms with Crippen molar-refractivity contribution in [1.82, 2.24) is 14.5 Å². The van der Waals surface area contributed by atoms with Gasteiger partial charge in [0.05, 0.1) is 34.4 Å². The summed E-state index contributed by atoms with van der Waals surface area (Å²) in [6.45, 7) is 1.83. The van der Waals surface area contributed by atoms with Gasteiger partial charge < -0.3 is 14.2 Å². The molecule has 1 fully saturated rings. The Kier molecular flexibility index (Phi) is 5.66. The molecule has 174 valence electrons. The van der Waals surface area contributed by atoms with E-state index in [-0.39, 0.29) is 18.2 Å². The Balaban J connectivity index is 1.53. The number of halogens is 1. The summed E-state index contributed by atoms with van der Waals surface area (Å²) in [6, 6.07) is 7.35. The molecule has 0 aliphatic carbocycles. The molecule has 0 bridgehead atoms. The lowest BCUT2D eigenvalue weighted by Gasteiger charge is -2.32. The predicted octanol–water partition coefficient (Wildman–Crippen LogP) is 3.11. The number of anilines is 1. The first-order valence-electron chi connectivity index (χ1n) is 11.0. The highest BCUT2D eigenvalue weighted by Gasteiger charge is 2.51. The fraction of sp³-hybridized carbons (Fsp3) is 0.435. The number of hydrogen-bond acceptors (Lipinski definition) is 6. The third kappa shape index (κ3) is 4.02. The van der Waals surface area contributed by atoms with E-state index in [9.17, 15) is 13.2 Å². The van der Waals surface area contributed by atoms with Crippen LogP contribution in [-0.4, -0.2) is 54.1 Å². The zero-order chi connectivity index (χ0) is 23.2. The number of benzene rings is 1. The van der Waals surface area contributed by atoms with E-state index in [2.05, 4.69) is 4.98 Å². The minimum Gasteiger partial charge on any atom is -0.381 e. The zero-order valence-corrected chi connectivity index (χ0v) is 19.9.